The standard InChI is InChI=1S/C27H26O3/c1-17(2)18-6-8-20(9-7-18)26-24(19-10-13-23(28)14-11-19)5-3-4-21-16-22(27(29)30)12-15-25(21)26/h6-17,28H,3-5H2,1-2H3,(H,29,30). The van der Waals surface area contributed by atoms with E-state index in [1.807, 2.05) is 24.3 Å². The van der Waals surface area contributed by atoms with Gasteiger partial charge in [0.2, 0.25) is 0 Å². The van der Waals surface area contributed by atoms with Gasteiger partial charge in [0.15, 0.2) is 0 Å². The van der Waals surface area contributed by atoms with Gasteiger partial charge < -0.3 is 10.2 Å². The second-order valence-electron chi connectivity index (χ2n) is 8.21. The number of hydrogen-bond acceptors (Lipinski definition) is 2. The van der Waals surface area contributed by atoms with Gasteiger partial charge in [0, 0.05) is 0 Å². The molecule has 0 saturated carbocycles. The van der Waals surface area contributed by atoms with Crippen LogP contribution in [0, 0.1) is 0 Å². The molecule has 152 valence electrons. The molecular formula is C27H26O3. The van der Waals surface area contributed by atoms with E-state index in [-0.39, 0.29) is 5.75 Å². The molecule has 30 heavy (non-hydrogen) atoms. The summed E-state index contributed by atoms with van der Waals surface area (Å²) in [7, 11) is 0. The number of rotatable bonds is 4. The number of phenolic OH excluding ortho intramolecular Hbond substituents is 1. The predicted octanol–water partition coefficient (Wildman–Crippen LogP) is 6.51. The van der Waals surface area contributed by atoms with Gasteiger partial charge in [-0.3, -0.25) is 0 Å². The number of carbonyl (C=O) groups is 1. The van der Waals surface area contributed by atoms with Gasteiger partial charge in [-0.1, -0.05) is 56.3 Å². The minimum absolute atomic E-state index is 0.252. The van der Waals surface area contributed by atoms with Gasteiger partial charge in [0.05, 0.1) is 5.56 Å². The monoisotopic (exact) mass is 398 g/mol. The molecule has 0 heterocycles. The lowest BCUT2D eigenvalue weighted by Gasteiger charge is -2.18. The number of fused-ring (bicyclic) bond motifs is 1. The Bertz CT molecular complexity index is 1100. The van der Waals surface area contributed by atoms with Gasteiger partial charge in [0.1, 0.15) is 5.75 Å². The van der Waals surface area contributed by atoms with Crippen molar-refractivity contribution in [2.45, 2.75) is 39.0 Å². The van der Waals surface area contributed by atoms with E-state index in [0.717, 1.165) is 47.1 Å². The van der Waals surface area contributed by atoms with Crippen LogP contribution in [-0.2, 0) is 6.42 Å². The molecule has 0 fully saturated rings. The van der Waals surface area contributed by atoms with Gasteiger partial charge in [-0.15, -0.1) is 0 Å². The average Bonchev–Trinajstić information content (AvgIpc) is 2.93. The van der Waals surface area contributed by atoms with E-state index >= 15 is 0 Å². The third-order valence-electron chi connectivity index (χ3n) is 5.88. The van der Waals surface area contributed by atoms with Crippen LogP contribution in [0.4, 0.5) is 0 Å². The Morgan fingerprint density at radius 1 is 0.867 bits per heavy atom. The van der Waals surface area contributed by atoms with Crippen LogP contribution >= 0.6 is 0 Å². The zero-order valence-corrected chi connectivity index (χ0v) is 17.4. The third kappa shape index (κ3) is 3.88. The van der Waals surface area contributed by atoms with Crippen molar-refractivity contribution in [3.63, 3.8) is 0 Å². The third-order valence-corrected chi connectivity index (χ3v) is 5.88. The van der Waals surface area contributed by atoms with Gasteiger partial charge >= 0.3 is 5.97 Å². The number of aryl methyl sites for hydroxylation is 1. The van der Waals surface area contributed by atoms with Crippen molar-refractivity contribution < 1.29 is 15.0 Å². The van der Waals surface area contributed by atoms with Crippen molar-refractivity contribution in [3.8, 4) is 5.75 Å². The molecule has 0 atom stereocenters. The number of carboxylic acid groups (broad SMARTS) is 1. The lowest BCUT2D eigenvalue weighted by molar-refractivity contribution is 0.0696. The molecule has 4 rings (SSSR count). The summed E-state index contributed by atoms with van der Waals surface area (Å²) in [5, 5.41) is 19.2. The fraction of sp³-hybridized carbons (Fsp3) is 0.222. The summed E-state index contributed by atoms with van der Waals surface area (Å²) in [4.78, 5) is 11.5. The first-order chi connectivity index (χ1) is 14.4. The van der Waals surface area contributed by atoms with Gasteiger partial charge in [-0.2, -0.15) is 0 Å². The number of phenols is 1. The van der Waals surface area contributed by atoms with Crippen molar-refractivity contribution in [1.29, 1.82) is 0 Å². The summed E-state index contributed by atoms with van der Waals surface area (Å²) in [6.45, 7) is 4.37. The van der Waals surface area contributed by atoms with Crippen molar-refractivity contribution in [1.82, 2.24) is 0 Å². The summed E-state index contributed by atoms with van der Waals surface area (Å²) >= 11 is 0. The van der Waals surface area contributed by atoms with Crippen molar-refractivity contribution in [2.24, 2.45) is 0 Å². The van der Waals surface area contributed by atoms with Crippen LogP contribution in [-0.4, -0.2) is 16.2 Å². The summed E-state index contributed by atoms with van der Waals surface area (Å²) in [5.74, 6) is -0.181. The van der Waals surface area contributed by atoms with E-state index < -0.39 is 5.97 Å². The summed E-state index contributed by atoms with van der Waals surface area (Å²) in [6, 6.07) is 21.5. The van der Waals surface area contributed by atoms with Crippen LogP contribution in [0.1, 0.15) is 70.8 Å². The largest absolute Gasteiger partial charge is 0.508 e. The maximum atomic E-state index is 11.5. The maximum absolute atomic E-state index is 11.5. The van der Waals surface area contributed by atoms with E-state index in [4.69, 9.17) is 0 Å². The number of carboxylic acids is 1. The first-order valence-electron chi connectivity index (χ1n) is 10.4. The highest BCUT2D eigenvalue weighted by Gasteiger charge is 2.21. The maximum Gasteiger partial charge on any atom is 0.335 e. The molecule has 3 aromatic rings. The highest BCUT2D eigenvalue weighted by molar-refractivity contribution is 6.00. The zero-order chi connectivity index (χ0) is 21.3. The van der Waals surface area contributed by atoms with E-state index in [1.165, 1.54) is 11.1 Å². The van der Waals surface area contributed by atoms with Crippen LogP contribution in [0.25, 0.3) is 11.1 Å². The normalized spacial score (nSPS) is 13.8. The first kappa shape index (κ1) is 20.0. The van der Waals surface area contributed by atoms with Crippen LogP contribution in [0.15, 0.2) is 66.7 Å². The van der Waals surface area contributed by atoms with Crippen molar-refractivity contribution in [2.75, 3.05) is 0 Å². The Balaban J connectivity index is 1.95. The van der Waals surface area contributed by atoms with Gasteiger partial charge in [0.25, 0.3) is 0 Å². The highest BCUT2D eigenvalue weighted by atomic mass is 16.4. The van der Waals surface area contributed by atoms with E-state index in [9.17, 15) is 15.0 Å². The molecule has 3 nitrogen and oxygen atoms in total. The molecule has 0 bridgehead atoms. The molecule has 0 aromatic heterocycles. The summed E-state index contributed by atoms with van der Waals surface area (Å²) < 4.78 is 0. The molecule has 0 aliphatic heterocycles. The molecule has 3 heteroatoms. The molecule has 0 unspecified atom stereocenters. The highest BCUT2D eigenvalue weighted by Crippen LogP contribution is 2.40. The molecule has 0 spiro atoms. The van der Waals surface area contributed by atoms with E-state index in [1.54, 1.807) is 18.2 Å². The fourth-order valence-electron chi connectivity index (χ4n) is 4.24. The first-order valence-corrected chi connectivity index (χ1v) is 10.4. The predicted molar refractivity (Wildman–Crippen MR) is 121 cm³/mol. The number of aromatic carboxylic acids is 1. The summed E-state index contributed by atoms with van der Waals surface area (Å²) in [6.07, 6.45) is 2.68. The van der Waals surface area contributed by atoms with Crippen LogP contribution in [0.2, 0.25) is 0 Å². The molecule has 1 aliphatic carbocycles. The zero-order valence-electron chi connectivity index (χ0n) is 17.4. The van der Waals surface area contributed by atoms with Crippen LogP contribution in [0.5, 0.6) is 5.75 Å². The molecule has 0 saturated heterocycles. The molecule has 2 N–H and O–H groups in total. The Kier molecular flexibility index (Phi) is 5.45. The second-order valence-corrected chi connectivity index (χ2v) is 8.21. The quantitative estimate of drug-likeness (QED) is 0.527. The van der Waals surface area contributed by atoms with Gasteiger partial charge in [-0.05, 0) is 88.4 Å². The Hall–Kier alpha value is -3.33. The van der Waals surface area contributed by atoms with Crippen LogP contribution in [0.3, 0.4) is 0 Å². The Morgan fingerprint density at radius 2 is 1.53 bits per heavy atom. The lowest BCUT2D eigenvalue weighted by atomic mass is 9.86. The number of benzene rings is 3. The van der Waals surface area contributed by atoms with E-state index in [2.05, 4.69) is 38.1 Å². The number of allylic oxidation sites excluding steroid dienone is 1. The smallest absolute Gasteiger partial charge is 0.335 e. The minimum atomic E-state index is -0.896. The Labute approximate surface area is 177 Å². The number of hydrogen-bond donors (Lipinski definition) is 2. The second kappa shape index (κ2) is 8.19. The molecule has 0 amide bonds. The Morgan fingerprint density at radius 3 is 2.17 bits per heavy atom. The fourth-order valence-corrected chi connectivity index (χ4v) is 4.24. The molecule has 0 radical (unpaired) electrons. The van der Waals surface area contributed by atoms with Crippen molar-refractivity contribution in [3.05, 3.63) is 100 Å². The van der Waals surface area contributed by atoms with Gasteiger partial charge in [-0.25, -0.2) is 4.79 Å². The number of aromatic hydroxyl groups is 1. The lowest BCUT2D eigenvalue weighted by Crippen LogP contribution is -2.01. The SMILES string of the molecule is CC(C)c1ccc(C2=C(c3ccc(O)cc3)CCCc3cc(C(=O)O)ccc32)cc1. The van der Waals surface area contributed by atoms with Crippen molar-refractivity contribution >= 4 is 17.1 Å². The topological polar surface area (TPSA) is 57.5 Å². The van der Waals surface area contributed by atoms with Crippen LogP contribution < -0.4 is 0 Å². The average molecular weight is 399 g/mol. The molecule has 3 aromatic carbocycles. The summed E-state index contributed by atoms with van der Waals surface area (Å²) in [5.41, 5.74) is 8.40. The molecule has 1 aliphatic rings. The van der Waals surface area contributed by atoms with E-state index in [0.29, 0.717) is 11.5 Å². The minimum Gasteiger partial charge on any atom is -0.508 e. The molecular weight excluding hydrogens is 372 g/mol.